The summed E-state index contributed by atoms with van der Waals surface area (Å²) in [7, 11) is 0. The van der Waals surface area contributed by atoms with E-state index >= 15 is 0 Å². The molecule has 0 saturated carbocycles. The van der Waals surface area contributed by atoms with Crippen LogP contribution in [0.3, 0.4) is 0 Å². The monoisotopic (exact) mass is 226 g/mol. The van der Waals surface area contributed by atoms with Gasteiger partial charge in [0.2, 0.25) is 0 Å². The van der Waals surface area contributed by atoms with Crippen LogP contribution in [0.2, 0.25) is 0 Å². The first-order valence-electron chi connectivity index (χ1n) is 2.91. The van der Waals surface area contributed by atoms with Crippen molar-refractivity contribution in [3.05, 3.63) is 22.7 Å². The van der Waals surface area contributed by atoms with Crippen molar-refractivity contribution >= 4 is 21.9 Å². The van der Waals surface area contributed by atoms with E-state index in [0.717, 1.165) is 0 Å². The van der Waals surface area contributed by atoms with Gasteiger partial charge in [-0.2, -0.15) is 0 Å². The van der Waals surface area contributed by atoms with Crippen LogP contribution in [-0.2, 0) is 4.79 Å². The first-order chi connectivity index (χ1) is 5.68. The number of aromatic nitrogens is 2. The lowest BCUT2D eigenvalue weighted by Crippen LogP contribution is -1.89. The SMILES string of the molecule is O=C(O)C#Cc1cnc(Br)cn1. The zero-order chi connectivity index (χ0) is 8.97. The summed E-state index contributed by atoms with van der Waals surface area (Å²) in [6, 6.07) is 0. The summed E-state index contributed by atoms with van der Waals surface area (Å²) in [5.41, 5.74) is 0.334. The van der Waals surface area contributed by atoms with Gasteiger partial charge >= 0.3 is 5.97 Å². The number of nitrogens with zero attached hydrogens (tertiary/aromatic N) is 2. The Kier molecular flexibility index (Phi) is 2.77. The minimum Gasteiger partial charge on any atom is -0.472 e. The Morgan fingerprint density at radius 1 is 1.50 bits per heavy atom. The van der Waals surface area contributed by atoms with Crippen molar-refractivity contribution in [1.29, 1.82) is 0 Å². The van der Waals surface area contributed by atoms with Gasteiger partial charge in [0, 0.05) is 5.92 Å². The number of halogens is 1. The third kappa shape index (κ3) is 2.68. The van der Waals surface area contributed by atoms with E-state index in [0.29, 0.717) is 10.3 Å². The van der Waals surface area contributed by atoms with E-state index in [1.807, 2.05) is 5.92 Å². The van der Waals surface area contributed by atoms with E-state index in [9.17, 15) is 4.79 Å². The van der Waals surface area contributed by atoms with Crippen LogP contribution in [0.1, 0.15) is 5.69 Å². The first kappa shape index (κ1) is 8.68. The number of carboxylic acid groups (broad SMARTS) is 1. The van der Waals surface area contributed by atoms with E-state index in [1.165, 1.54) is 12.4 Å². The third-order valence-electron chi connectivity index (χ3n) is 0.918. The van der Waals surface area contributed by atoms with Gasteiger partial charge in [0.05, 0.1) is 12.4 Å². The largest absolute Gasteiger partial charge is 0.472 e. The third-order valence-corrected chi connectivity index (χ3v) is 1.33. The van der Waals surface area contributed by atoms with Crippen LogP contribution in [0.15, 0.2) is 17.0 Å². The average Bonchev–Trinajstić information content (AvgIpc) is 2.03. The van der Waals surface area contributed by atoms with Gasteiger partial charge in [0.1, 0.15) is 10.3 Å². The van der Waals surface area contributed by atoms with E-state index in [1.54, 1.807) is 0 Å². The molecule has 0 unspecified atom stereocenters. The molecule has 0 amide bonds. The van der Waals surface area contributed by atoms with E-state index in [2.05, 4.69) is 31.8 Å². The van der Waals surface area contributed by atoms with Crippen LogP contribution in [0.5, 0.6) is 0 Å². The summed E-state index contributed by atoms with van der Waals surface area (Å²) in [5.74, 6) is 3.08. The fourth-order valence-electron chi connectivity index (χ4n) is 0.494. The number of rotatable bonds is 0. The molecule has 0 aromatic carbocycles. The molecule has 0 bridgehead atoms. The second-order valence-corrected chi connectivity index (χ2v) is 2.59. The fourth-order valence-corrected chi connectivity index (χ4v) is 0.699. The lowest BCUT2D eigenvalue weighted by Gasteiger charge is -1.87. The summed E-state index contributed by atoms with van der Waals surface area (Å²) < 4.78 is 0.586. The molecule has 12 heavy (non-hydrogen) atoms. The topological polar surface area (TPSA) is 63.1 Å². The van der Waals surface area contributed by atoms with Crippen molar-refractivity contribution in [3.8, 4) is 11.8 Å². The molecule has 1 aromatic heterocycles. The van der Waals surface area contributed by atoms with Crippen LogP contribution in [0.25, 0.3) is 0 Å². The predicted octanol–water partition coefficient (Wildman–Crippen LogP) is 0.675. The molecule has 1 rings (SSSR count). The number of aliphatic carboxylic acids is 1. The van der Waals surface area contributed by atoms with E-state index in [4.69, 9.17) is 5.11 Å². The van der Waals surface area contributed by atoms with Gasteiger partial charge in [-0.25, -0.2) is 14.8 Å². The zero-order valence-corrected chi connectivity index (χ0v) is 7.37. The Hall–Kier alpha value is -1.41. The molecule has 0 aliphatic heterocycles. The van der Waals surface area contributed by atoms with Gasteiger partial charge in [-0.3, -0.25) is 0 Å². The van der Waals surface area contributed by atoms with E-state index in [-0.39, 0.29) is 0 Å². The molecule has 4 nitrogen and oxygen atoms in total. The highest BCUT2D eigenvalue weighted by atomic mass is 79.9. The molecule has 1 aromatic rings. The number of carbonyl (C=O) groups is 1. The summed E-state index contributed by atoms with van der Waals surface area (Å²) in [5, 5.41) is 8.20. The Labute approximate surface area is 76.8 Å². The lowest BCUT2D eigenvalue weighted by molar-refractivity contribution is -0.130. The molecule has 0 spiro atoms. The molecular formula is C7H3BrN2O2. The zero-order valence-electron chi connectivity index (χ0n) is 5.78. The van der Waals surface area contributed by atoms with Crippen LogP contribution in [0, 0.1) is 11.8 Å². The van der Waals surface area contributed by atoms with Crippen LogP contribution >= 0.6 is 15.9 Å². The highest BCUT2D eigenvalue weighted by Crippen LogP contribution is 2.01. The summed E-state index contributed by atoms with van der Waals surface area (Å²) >= 11 is 3.09. The highest BCUT2D eigenvalue weighted by molar-refractivity contribution is 9.10. The molecule has 0 aliphatic carbocycles. The number of carboxylic acids is 1. The normalized spacial score (nSPS) is 8.42. The smallest absolute Gasteiger partial charge is 0.382 e. The molecule has 1 heterocycles. The van der Waals surface area contributed by atoms with Gasteiger partial charge in [0.25, 0.3) is 0 Å². The Balaban J connectivity index is 2.86. The van der Waals surface area contributed by atoms with Gasteiger partial charge in [-0.05, 0) is 21.9 Å². The second-order valence-electron chi connectivity index (χ2n) is 1.78. The first-order valence-corrected chi connectivity index (χ1v) is 3.70. The summed E-state index contributed by atoms with van der Waals surface area (Å²) in [6.07, 6.45) is 2.84. The van der Waals surface area contributed by atoms with Crippen molar-refractivity contribution in [2.75, 3.05) is 0 Å². The van der Waals surface area contributed by atoms with Gasteiger partial charge < -0.3 is 5.11 Å². The van der Waals surface area contributed by atoms with Crippen LogP contribution in [-0.4, -0.2) is 21.0 Å². The molecule has 5 heteroatoms. The van der Waals surface area contributed by atoms with Crippen LogP contribution < -0.4 is 0 Å². The van der Waals surface area contributed by atoms with E-state index < -0.39 is 5.97 Å². The Morgan fingerprint density at radius 2 is 2.25 bits per heavy atom. The standard InChI is InChI=1S/C7H3BrN2O2/c8-6-4-9-5(3-10-6)1-2-7(11)12/h3-4H,(H,11,12). The van der Waals surface area contributed by atoms with Crippen molar-refractivity contribution in [2.24, 2.45) is 0 Å². The number of hydrogen-bond acceptors (Lipinski definition) is 3. The summed E-state index contributed by atoms with van der Waals surface area (Å²) in [4.78, 5) is 17.6. The van der Waals surface area contributed by atoms with Crippen molar-refractivity contribution < 1.29 is 9.90 Å². The maximum Gasteiger partial charge on any atom is 0.382 e. The predicted molar refractivity (Wildman–Crippen MR) is 44.2 cm³/mol. The lowest BCUT2D eigenvalue weighted by atomic mass is 10.4. The Morgan fingerprint density at radius 3 is 2.75 bits per heavy atom. The molecule has 0 fully saturated rings. The van der Waals surface area contributed by atoms with Crippen molar-refractivity contribution in [2.45, 2.75) is 0 Å². The van der Waals surface area contributed by atoms with Crippen molar-refractivity contribution in [3.63, 3.8) is 0 Å². The molecule has 0 atom stereocenters. The second kappa shape index (κ2) is 3.83. The van der Waals surface area contributed by atoms with Gasteiger partial charge in [0.15, 0.2) is 0 Å². The fraction of sp³-hybridized carbons (Fsp3) is 0. The Bertz CT molecular complexity index is 350. The van der Waals surface area contributed by atoms with Crippen molar-refractivity contribution in [1.82, 2.24) is 9.97 Å². The molecule has 1 N–H and O–H groups in total. The average molecular weight is 227 g/mol. The molecule has 0 radical (unpaired) electrons. The molecule has 60 valence electrons. The maximum atomic E-state index is 10.0. The quantitative estimate of drug-likeness (QED) is 0.661. The molecule has 0 aliphatic rings. The summed E-state index contributed by atoms with van der Waals surface area (Å²) in [6.45, 7) is 0. The minimum absolute atomic E-state index is 0.334. The highest BCUT2D eigenvalue weighted by Gasteiger charge is 1.90. The van der Waals surface area contributed by atoms with Gasteiger partial charge in [-0.1, -0.05) is 0 Å². The maximum absolute atomic E-state index is 10.0. The minimum atomic E-state index is -1.18. The van der Waals surface area contributed by atoms with Crippen LogP contribution in [0.4, 0.5) is 0 Å². The van der Waals surface area contributed by atoms with Gasteiger partial charge in [-0.15, -0.1) is 0 Å². The number of hydrogen-bond donors (Lipinski definition) is 1. The molecule has 0 saturated heterocycles. The molecular weight excluding hydrogens is 224 g/mol.